The van der Waals surface area contributed by atoms with E-state index in [2.05, 4.69) is 31.2 Å². The quantitative estimate of drug-likeness (QED) is 0.403. The Morgan fingerprint density at radius 3 is 2.04 bits per heavy atom. The van der Waals surface area contributed by atoms with Crippen LogP contribution < -0.4 is 0 Å². The van der Waals surface area contributed by atoms with Crippen LogP contribution in [0.5, 0.6) is 0 Å². The van der Waals surface area contributed by atoms with Crippen molar-refractivity contribution in [2.45, 2.75) is 96.3 Å². The van der Waals surface area contributed by atoms with Crippen LogP contribution in [-0.2, 0) is 6.42 Å². The number of unbranched alkanes of at least 4 members (excludes halogenated alkanes) is 3. The van der Waals surface area contributed by atoms with E-state index in [4.69, 9.17) is 0 Å². The number of benzene rings is 1. The second-order valence-corrected chi connectivity index (χ2v) is 9.16. The number of hydrogen-bond donors (Lipinski definition) is 0. The second kappa shape index (κ2) is 11.0. The molecule has 150 valence electrons. The summed E-state index contributed by atoms with van der Waals surface area (Å²) in [6.45, 7) is 2.28. The lowest BCUT2D eigenvalue weighted by Gasteiger charge is -2.37. The predicted molar refractivity (Wildman–Crippen MR) is 115 cm³/mol. The average Bonchev–Trinajstić information content (AvgIpc) is 2.73. The molecule has 27 heavy (non-hydrogen) atoms. The van der Waals surface area contributed by atoms with Gasteiger partial charge in [0.15, 0.2) is 0 Å². The van der Waals surface area contributed by atoms with E-state index in [9.17, 15) is 4.39 Å². The largest absolute Gasteiger partial charge is 0.216 e. The fourth-order valence-electron chi connectivity index (χ4n) is 5.55. The number of allylic oxidation sites excluding steroid dienone is 1. The molecule has 1 aromatic carbocycles. The van der Waals surface area contributed by atoms with Gasteiger partial charge in [0.2, 0.25) is 0 Å². The van der Waals surface area contributed by atoms with E-state index in [0.717, 1.165) is 24.1 Å². The van der Waals surface area contributed by atoms with E-state index >= 15 is 0 Å². The first-order chi connectivity index (χ1) is 13.3. The predicted octanol–water partition coefficient (Wildman–Crippen LogP) is 8.37. The van der Waals surface area contributed by atoms with Crippen molar-refractivity contribution in [2.75, 3.05) is 0 Å². The van der Waals surface area contributed by atoms with Crippen molar-refractivity contribution in [1.82, 2.24) is 0 Å². The van der Waals surface area contributed by atoms with Crippen LogP contribution in [0.1, 0.15) is 101 Å². The van der Waals surface area contributed by atoms with Crippen molar-refractivity contribution in [3.63, 3.8) is 0 Å². The summed E-state index contributed by atoms with van der Waals surface area (Å²) in [6.07, 6.45) is 19.7. The summed E-state index contributed by atoms with van der Waals surface area (Å²) < 4.78 is 12.4. The van der Waals surface area contributed by atoms with Gasteiger partial charge in [-0.2, -0.15) is 0 Å². The molecule has 0 saturated heterocycles. The molecule has 0 spiro atoms. The summed E-state index contributed by atoms with van der Waals surface area (Å²) in [5.41, 5.74) is 3.09. The molecule has 0 amide bonds. The van der Waals surface area contributed by atoms with Crippen LogP contribution >= 0.6 is 0 Å². The zero-order valence-corrected chi connectivity index (χ0v) is 17.3. The van der Waals surface area contributed by atoms with Gasteiger partial charge in [-0.3, -0.25) is 0 Å². The third kappa shape index (κ3) is 6.19. The lowest BCUT2D eigenvalue weighted by Crippen LogP contribution is -2.25. The molecule has 0 bridgehead atoms. The maximum absolute atomic E-state index is 12.4. The highest BCUT2D eigenvalue weighted by atomic mass is 19.1. The van der Waals surface area contributed by atoms with Crippen LogP contribution in [-0.4, -0.2) is 0 Å². The Morgan fingerprint density at radius 1 is 0.815 bits per heavy atom. The minimum absolute atomic E-state index is 0.503. The Morgan fingerprint density at radius 2 is 1.44 bits per heavy atom. The number of hydrogen-bond acceptors (Lipinski definition) is 0. The third-order valence-corrected chi connectivity index (χ3v) is 7.37. The number of rotatable bonds is 8. The van der Waals surface area contributed by atoms with Crippen LogP contribution in [0.4, 0.5) is 4.39 Å². The van der Waals surface area contributed by atoms with Crippen molar-refractivity contribution in [1.29, 1.82) is 0 Å². The number of halogens is 1. The molecule has 0 radical (unpaired) electrons. The highest BCUT2D eigenvalue weighted by Gasteiger charge is 2.30. The first kappa shape index (κ1) is 20.6. The monoisotopic (exact) mass is 370 g/mol. The molecule has 0 nitrogen and oxygen atoms in total. The molecule has 0 aliphatic heterocycles. The fourth-order valence-corrected chi connectivity index (χ4v) is 5.55. The Hall–Kier alpha value is -1.11. The lowest BCUT2D eigenvalue weighted by atomic mass is 9.68. The lowest BCUT2D eigenvalue weighted by molar-refractivity contribution is 0.171. The van der Waals surface area contributed by atoms with E-state index in [1.165, 1.54) is 89.0 Å². The molecule has 3 rings (SSSR count). The molecule has 0 unspecified atom stereocenters. The molecule has 0 atom stereocenters. The van der Waals surface area contributed by atoms with Gasteiger partial charge in [0.05, 0.1) is 6.33 Å². The second-order valence-electron chi connectivity index (χ2n) is 9.16. The van der Waals surface area contributed by atoms with Crippen molar-refractivity contribution in [3.8, 4) is 0 Å². The van der Waals surface area contributed by atoms with Crippen molar-refractivity contribution in [3.05, 3.63) is 47.8 Å². The average molecular weight is 371 g/mol. The number of aryl methyl sites for hydroxylation is 1. The van der Waals surface area contributed by atoms with E-state index < -0.39 is 0 Å². The molecule has 2 aliphatic rings. The first-order valence-electron chi connectivity index (χ1n) is 11.7. The molecular formula is C26H39F. The zero-order chi connectivity index (χ0) is 18.9. The Kier molecular flexibility index (Phi) is 8.42. The van der Waals surface area contributed by atoms with Crippen molar-refractivity contribution < 1.29 is 4.39 Å². The molecule has 2 aliphatic carbocycles. The van der Waals surface area contributed by atoms with Gasteiger partial charge in [-0.1, -0.05) is 56.5 Å². The SMILES string of the molecule is CCCCCCc1ccc(C2CCC(C3CCC(/C=C/F)CC3)CC2)cc1. The maximum Gasteiger partial charge on any atom is 0.0829 e. The smallest absolute Gasteiger partial charge is 0.0829 e. The summed E-state index contributed by atoms with van der Waals surface area (Å²) >= 11 is 0. The molecule has 2 saturated carbocycles. The first-order valence-corrected chi connectivity index (χ1v) is 11.7. The third-order valence-electron chi connectivity index (χ3n) is 7.37. The minimum Gasteiger partial charge on any atom is -0.216 e. The van der Waals surface area contributed by atoms with Gasteiger partial charge in [0, 0.05) is 0 Å². The maximum atomic E-state index is 12.4. The zero-order valence-electron chi connectivity index (χ0n) is 17.3. The standard InChI is InChI=1S/C26H39F/c1-2-3-4-5-6-21-7-11-23(12-8-21)25-15-17-26(18-16-25)24-13-9-22(10-14-24)19-20-27/h7-8,11-12,19-20,22,24-26H,2-6,9-10,13-18H2,1H3/b20-19+. The van der Waals surface area contributed by atoms with Gasteiger partial charge in [0.1, 0.15) is 0 Å². The van der Waals surface area contributed by atoms with E-state index in [1.54, 1.807) is 11.6 Å². The fraction of sp³-hybridized carbons (Fsp3) is 0.692. The van der Waals surface area contributed by atoms with Crippen molar-refractivity contribution >= 4 is 0 Å². The Balaban J connectivity index is 1.41. The molecular weight excluding hydrogens is 331 g/mol. The highest BCUT2D eigenvalue weighted by molar-refractivity contribution is 5.26. The van der Waals surface area contributed by atoms with Crippen LogP contribution in [0.15, 0.2) is 36.7 Å². The Bertz CT molecular complexity index is 542. The molecule has 0 N–H and O–H groups in total. The van der Waals surface area contributed by atoms with Gasteiger partial charge in [-0.25, -0.2) is 4.39 Å². The van der Waals surface area contributed by atoms with Crippen LogP contribution in [0.2, 0.25) is 0 Å². The molecule has 0 heterocycles. The molecule has 1 heteroatoms. The Labute approximate surface area is 166 Å². The molecule has 0 aromatic heterocycles. The molecule has 1 aromatic rings. The van der Waals surface area contributed by atoms with Gasteiger partial charge >= 0.3 is 0 Å². The summed E-state index contributed by atoms with van der Waals surface area (Å²) in [5, 5.41) is 0. The minimum atomic E-state index is 0.503. The molecule has 2 fully saturated rings. The summed E-state index contributed by atoms with van der Waals surface area (Å²) in [6, 6.07) is 9.59. The van der Waals surface area contributed by atoms with Gasteiger partial charge in [0.25, 0.3) is 0 Å². The van der Waals surface area contributed by atoms with Crippen molar-refractivity contribution in [2.24, 2.45) is 17.8 Å². The van der Waals surface area contributed by atoms with E-state index in [1.807, 2.05) is 0 Å². The summed E-state index contributed by atoms with van der Waals surface area (Å²) in [7, 11) is 0. The highest BCUT2D eigenvalue weighted by Crippen LogP contribution is 2.44. The van der Waals surface area contributed by atoms with Gasteiger partial charge < -0.3 is 0 Å². The van der Waals surface area contributed by atoms with Crippen LogP contribution in [0, 0.1) is 17.8 Å². The van der Waals surface area contributed by atoms with Crippen LogP contribution in [0.3, 0.4) is 0 Å². The van der Waals surface area contributed by atoms with Gasteiger partial charge in [-0.05, 0) is 99.0 Å². The normalized spacial score (nSPS) is 29.3. The van der Waals surface area contributed by atoms with Gasteiger partial charge in [-0.15, -0.1) is 0 Å². The summed E-state index contributed by atoms with van der Waals surface area (Å²) in [4.78, 5) is 0. The summed E-state index contributed by atoms with van der Waals surface area (Å²) in [5.74, 6) is 3.11. The van der Waals surface area contributed by atoms with Crippen LogP contribution in [0.25, 0.3) is 0 Å². The topological polar surface area (TPSA) is 0 Å². The van der Waals surface area contributed by atoms with E-state index in [0.29, 0.717) is 5.92 Å². The van der Waals surface area contributed by atoms with E-state index in [-0.39, 0.29) is 0 Å².